The van der Waals surface area contributed by atoms with Crippen LogP contribution in [0.25, 0.3) is 0 Å². The molecular formula is C8H11N. The van der Waals surface area contributed by atoms with Crippen molar-refractivity contribution in [3.05, 3.63) is 36.6 Å². The first kappa shape index (κ1) is 6.14. The number of piperidine rings is 1. The van der Waals surface area contributed by atoms with Crippen molar-refractivity contribution in [3.63, 3.8) is 0 Å². The maximum absolute atomic E-state index is 3.85. The van der Waals surface area contributed by atoms with Crippen molar-refractivity contribution in [2.75, 3.05) is 6.54 Å². The Kier molecular flexibility index (Phi) is 1.43. The molecule has 0 aromatic carbocycles. The Morgan fingerprint density at radius 1 is 1.22 bits per heavy atom. The third-order valence-corrected chi connectivity index (χ3v) is 1.56. The lowest BCUT2D eigenvalue weighted by atomic mass is 10.0. The van der Waals surface area contributed by atoms with Crippen molar-refractivity contribution in [1.29, 1.82) is 0 Å². The van der Waals surface area contributed by atoms with Crippen molar-refractivity contribution in [2.24, 2.45) is 0 Å². The molecule has 1 nitrogen and oxygen atoms in total. The molecule has 0 spiro atoms. The Morgan fingerprint density at radius 3 is 2.33 bits per heavy atom. The molecule has 1 rings (SSSR count). The van der Waals surface area contributed by atoms with Gasteiger partial charge in [0.25, 0.3) is 0 Å². The van der Waals surface area contributed by atoms with Gasteiger partial charge in [0.1, 0.15) is 0 Å². The molecule has 0 saturated carbocycles. The minimum atomic E-state index is 0.922. The molecule has 1 heterocycles. The summed E-state index contributed by atoms with van der Waals surface area (Å²) in [6.45, 7) is 12.4. The average molecular weight is 121 g/mol. The fraction of sp³-hybridized carbons (Fsp3) is 0.250. The second-order valence-electron chi connectivity index (χ2n) is 2.24. The van der Waals surface area contributed by atoms with Gasteiger partial charge >= 0.3 is 0 Å². The molecular weight excluding hydrogens is 110 g/mol. The standard InChI is InChI=1S/C8H11N/c1-6-4-5-9-8(3)7(6)2/h9H,1-5H2. The molecule has 1 N–H and O–H groups in total. The molecule has 1 saturated heterocycles. The molecule has 0 amide bonds. The average Bonchev–Trinajstić information content (AvgIpc) is 1.83. The van der Waals surface area contributed by atoms with Gasteiger partial charge in [-0.25, -0.2) is 0 Å². The predicted molar refractivity (Wildman–Crippen MR) is 40.0 cm³/mol. The number of rotatable bonds is 0. The van der Waals surface area contributed by atoms with Gasteiger partial charge in [0, 0.05) is 12.2 Å². The van der Waals surface area contributed by atoms with Gasteiger partial charge in [-0.2, -0.15) is 0 Å². The van der Waals surface area contributed by atoms with E-state index in [2.05, 4.69) is 25.1 Å². The normalized spacial score (nSPS) is 19.8. The summed E-state index contributed by atoms with van der Waals surface area (Å²) in [4.78, 5) is 0. The predicted octanol–water partition coefficient (Wildman–Crippen LogP) is 1.61. The molecule has 0 aromatic rings. The van der Waals surface area contributed by atoms with E-state index in [-0.39, 0.29) is 0 Å². The Bertz CT molecular complexity index is 159. The van der Waals surface area contributed by atoms with E-state index >= 15 is 0 Å². The van der Waals surface area contributed by atoms with Gasteiger partial charge in [0.05, 0.1) is 0 Å². The Balaban J connectivity index is 2.74. The molecule has 0 radical (unpaired) electrons. The van der Waals surface area contributed by atoms with Crippen LogP contribution in [-0.4, -0.2) is 6.54 Å². The van der Waals surface area contributed by atoms with E-state index in [0.717, 1.165) is 29.8 Å². The van der Waals surface area contributed by atoms with Crippen LogP contribution in [0.4, 0.5) is 0 Å². The topological polar surface area (TPSA) is 12.0 Å². The highest BCUT2D eigenvalue weighted by Gasteiger charge is 2.08. The SMILES string of the molecule is C=C1CCNC(=C)C1=C. The van der Waals surface area contributed by atoms with Crippen LogP contribution in [0.1, 0.15) is 6.42 Å². The maximum Gasteiger partial charge on any atom is 0.0337 e. The molecule has 0 atom stereocenters. The van der Waals surface area contributed by atoms with E-state index in [1.165, 1.54) is 0 Å². The number of hydrogen-bond donors (Lipinski definition) is 1. The smallest absolute Gasteiger partial charge is 0.0337 e. The second kappa shape index (κ2) is 2.09. The lowest BCUT2D eigenvalue weighted by Crippen LogP contribution is -2.21. The van der Waals surface area contributed by atoms with Gasteiger partial charge in [-0.3, -0.25) is 0 Å². The second-order valence-corrected chi connectivity index (χ2v) is 2.24. The summed E-state index contributed by atoms with van der Waals surface area (Å²) in [6.07, 6.45) is 0.998. The first-order chi connectivity index (χ1) is 4.22. The largest absolute Gasteiger partial charge is 0.385 e. The van der Waals surface area contributed by atoms with Gasteiger partial charge in [-0.15, -0.1) is 0 Å². The van der Waals surface area contributed by atoms with Crippen molar-refractivity contribution in [1.82, 2.24) is 5.32 Å². The molecule has 0 aliphatic carbocycles. The van der Waals surface area contributed by atoms with E-state index in [4.69, 9.17) is 0 Å². The van der Waals surface area contributed by atoms with Crippen LogP contribution in [0, 0.1) is 0 Å². The first-order valence-electron chi connectivity index (χ1n) is 3.02. The van der Waals surface area contributed by atoms with Crippen LogP contribution >= 0.6 is 0 Å². The summed E-state index contributed by atoms with van der Waals surface area (Å²) in [5.41, 5.74) is 3.01. The Morgan fingerprint density at radius 2 is 1.89 bits per heavy atom. The van der Waals surface area contributed by atoms with Crippen LogP contribution in [0.2, 0.25) is 0 Å². The molecule has 1 aliphatic heterocycles. The van der Waals surface area contributed by atoms with Gasteiger partial charge in [-0.05, 0) is 17.6 Å². The maximum atomic E-state index is 3.85. The molecule has 0 unspecified atom stereocenters. The lowest BCUT2D eigenvalue weighted by Gasteiger charge is -2.20. The summed E-state index contributed by atoms with van der Waals surface area (Å²) in [6, 6.07) is 0. The monoisotopic (exact) mass is 121 g/mol. The minimum absolute atomic E-state index is 0.922. The fourth-order valence-corrected chi connectivity index (χ4v) is 0.835. The molecule has 9 heavy (non-hydrogen) atoms. The number of allylic oxidation sites excluding steroid dienone is 1. The van der Waals surface area contributed by atoms with Crippen LogP contribution in [0.15, 0.2) is 36.6 Å². The van der Waals surface area contributed by atoms with Gasteiger partial charge in [0.2, 0.25) is 0 Å². The third kappa shape index (κ3) is 1.04. The van der Waals surface area contributed by atoms with Crippen LogP contribution < -0.4 is 5.32 Å². The van der Waals surface area contributed by atoms with Gasteiger partial charge < -0.3 is 5.32 Å². The zero-order valence-corrected chi connectivity index (χ0v) is 5.54. The van der Waals surface area contributed by atoms with E-state index in [1.54, 1.807) is 0 Å². The van der Waals surface area contributed by atoms with Gasteiger partial charge in [0.15, 0.2) is 0 Å². The summed E-state index contributed by atoms with van der Waals surface area (Å²) in [7, 11) is 0. The summed E-state index contributed by atoms with van der Waals surface area (Å²) >= 11 is 0. The Labute approximate surface area is 55.8 Å². The number of nitrogens with one attached hydrogen (secondary N) is 1. The zero-order valence-electron chi connectivity index (χ0n) is 5.54. The minimum Gasteiger partial charge on any atom is -0.385 e. The highest BCUT2D eigenvalue weighted by atomic mass is 14.9. The first-order valence-corrected chi connectivity index (χ1v) is 3.02. The van der Waals surface area contributed by atoms with Crippen LogP contribution in [0.5, 0.6) is 0 Å². The molecule has 48 valence electrons. The van der Waals surface area contributed by atoms with E-state index in [9.17, 15) is 0 Å². The zero-order chi connectivity index (χ0) is 6.85. The van der Waals surface area contributed by atoms with E-state index in [1.807, 2.05) is 0 Å². The van der Waals surface area contributed by atoms with Crippen molar-refractivity contribution in [2.45, 2.75) is 6.42 Å². The summed E-state index contributed by atoms with van der Waals surface area (Å²) in [5, 5.41) is 3.11. The highest BCUT2D eigenvalue weighted by Crippen LogP contribution is 2.18. The molecule has 0 aromatic heterocycles. The molecule has 1 aliphatic rings. The van der Waals surface area contributed by atoms with Crippen LogP contribution in [-0.2, 0) is 0 Å². The van der Waals surface area contributed by atoms with E-state index < -0.39 is 0 Å². The lowest BCUT2D eigenvalue weighted by molar-refractivity contribution is 0.758. The Hall–Kier alpha value is -0.980. The quantitative estimate of drug-likeness (QED) is 0.513. The van der Waals surface area contributed by atoms with E-state index in [0.29, 0.717) is 0 Å². The molecule has 1 fully saturated rings. The summed E-state index contributed by atoms with van der Waals surface area (Å²) in [5.74, 6) is 0. The van der Waals surface area contributed by atoms with Gasteiger partial charge in [-0.1, -0.05) is 19.7 Å². The third-order valence-electron chi connectivity index (χ3n) is 1.56. The number of hydrogen-bond acceptors (Lipinski definition) is 1. The van der Waals surface area contributed by atoms with Crippen molar-refractivity contribution in [3.8, 4) is 0 Å². The summed E-state index contributed by atoms with van der Waals surface area (Å²) < 4.78 is 0. The van der Waals surface area contributed by atoms with Crippen molar-refractivity contribution >= 4 is 0 Å². The molecule has 0 bridgehead atoms. The molecule has 1 heteroatoms. The fourth-order valence-electron chi connectivity index (χ4n) is 0.835. The highest BCUT2D eigenvalue weighted by molar-refractivity contribution is 5.42. The van der Waals surface area contributed by atoms with Crippen LogP contribution in [0.3, 0.4) is 0 Å². The van der Waals surface area contributed by atoms with Crippen molar-refractivity contribution < 1.29 is 0 Å².